The molecule has 0 rings (SSSR count). The van der Waals surface area contributed by atoms with E-state index in [1.54, 1.807) is 12.4 Å². The van der Waals surface area contributed by atoms with Gasteiger partial charge >= 0.3 is 0 Å². The van der Waals surface area contributed by atoms with Crippen LogP contribution in [0.2, 0.25) is 0 Å². The van der Waals surface area contributed by atoms with E-state index >= 15 is 0 Å². The normalized spacial score (nSPS) is 12.1. The molecule has 0 atom stereocenters. The summed E-state index contributed by atoms with van der Waals surface area (Å²) < 4.78 is 0. The van der Waals surface area contributed by atoms with Crippen molar-refractivity contribution in [3.05, 3.63) is 0 Å². The van der Waals surface area contributed by atoms with Gasteiger partial charge in [-0.1, -0.05) is 27.7 Å². The molecular formula is C14H24N2O2. The topological polar surface area (TPSA) is 58.9 Å². The van der Waals surface area contributed by atoms with Crippen LogP contribution < -0.4 is 0 Å². The predicted octanol–water partition coefficient (Wildman–Crippen LogP) is 2.36. The van der Waals surface area contributed by atoms with Crippen LogP contribution in [0.1, 0.15) is 40.5 Å². The maximum Gasteiger partial charge on any atom is 0.140 e. The van der Waals surface area contributed by atoms with Crippen LogP contribution in [-0.4, -0.2) is 37.1 Å². The molecule has 0 aromatic carbocycles. The van der Waals surface area contributed by atoms with E-state index in [0.29, 0.717) is 25.9 Å². The number of hydrogen-bond acceptors (Lipinski definition) is 4. The lowest BCUT2D eigenvalue weighted by Crippen LogP contribution is -2.07. The molecule has 0 aliphatic rings. The quantitative estimate of drug-likeness (QED) is 0.467. The lowest BCUT2D eigenvalue weighted by Gasteiger charge is -1.99. The minimum atomic E-state index is 0.0662. The van der Waals surface area contributed by atoms with Crippen molar-refractivity contribution in [3.63, 3.8) is 0 Å². The Labute approximate surface area is 110 Å². The zero-order valence-electron chi connectivity index (χ0n) is 11.8. The van der Waals surface area contributed by atoms with Gasteiger partial charge in [-0.15, -0.1) is 0 Å². The fourth-order valence-corrected chi connectivity index (χ4v) is 1.08. The number of rotatable bonds is 9. The van der Waals surface area contributed by atoms with E-state index in [1.165, 1.54) is 0 Å². The van der Waals surface area contributed by atoms with Crippen molar-refractivity contribution in [2.24, 2.45) is 21.8 Å². The molecule has 0 fully saturated rings. The van der Waals surface area contributed by atoms with Crippen molar-refractivity contribution in [2.45, 2.75) is 40.5 Å². The molecule has 0 aliphatic carbocycles. The first kappa shape index (κ1) is 16.7. The fourth-order valence-electron chi connectivity index (χ4n) is 1.08. The Bertz CT molecular complexity index is 286. The van der Waals surface area contributed by atoms with Gasteiger partial charge in [-0.05, 0) is 0 Å². The molecule has 0 bridgehead atoms. The van der Waals surface area contributed by atoms with Crippen molar-refractivity contribution in [3.8, 4) is 0 Å². The van der Waals surface area contributed by atoms with Gasteiger partial charge in [-0.2, -0.15) is 0 Å². The average molecular weight is 252 g/mol. The van der Waals surface area contributed by atoms with Crippen molar-refractivity contribution in [1.82, 2.24) is 0 Å². The Balaban J connectivity index is 3.62. The van der Waals surface area contributed by atoms with Gasteiger partial charge < -0.3 is 0 Å². The predicted molar refractivity (Wildman–Crippen MR) is 75.6 cm³/mol. The van der Waals surface area contributed by atoms with Crippen LogP contribution in [0.4, 0.5) is 0 Å². The summed E-state index contributed by atoms with van der Waals surface area (Å²) in [6.45, 7) is 8.66. The van der Waals surface area contributed by atoms with Crippen LogP contribution >= 0.6 is 0 Å². The third-order valence-electron chi connectivity index (χ3n) is 2.49. The van der Waals surface area contributed by atoms with Crippen LogP contribution in [0.25, 0.3) is 0 Å². The van der Waals surface area contributed by atoms with Gasteiger partial charge in [-0.3, -0.25) is 19.6 Å². The minimum Gasteiger partial charge on any atom is -0.299 e. The highest BCUT2D eigenvalue weighted by atomic mass is 16.1. The summed E-state index contributed by atoms with van der Waals surface area (Å²) in [5.41, 5.74) is 0. The van der Waals surface area contributed by atoms with Gasteiger partial charge in [0.1, 0.15) is 11.6 Å². The van der Waals surface area contributed by atoms with Gasteiger partial charge in [0.25, 0.3) is 0 Å². The van der Waals surface area contributed by atoms with Crippen molar-refractivity contribution in [2.75, 3.05) is 13.1 Å². The molecule has 0 aromatic heterocycles. The molecule has 0 saturated carbocycles. The summed E-state index contributed by atoms with van der Waals surface area (Å²) in [7, 11) is 0. The number of carbonyl (C=O) groups is 2. The van der Waals surface area contributed by atoms with Crippen molar-refractivity contribution in [1.29, 1.82) is 0 Å². The second kappa shape index (κ2) is 9.68. The molecule has 102 valence electrons. The van der Waals surface area contributed by atoms with E-state index in [9.17, 15) is 9.59 Å². The van der Waals surface area contributed by atoms with Crippen molar-refractivity contribution >= 4 is 24.0 Å². The monoisotopic (exact) mass is 252 g/mol. The zero-order chi connectivity index (χ0) is 14.0. The third kappa shape index (κ3) is 8.79. The van der Waals surface area contributed by atoms with Crippen LogP contribution in [0.15, 0.2) is 9.98 Å². The van der Waals surface area contributed by atoms with Gasteiger partial charge in [0.2, 0.25) is 0 Å². The Morgan fingerprint density at radius 3 is 1.44 bits per heavy atom. The van der Waals surface area contributed by atoms with Crippen LogP contribution in [-0.2, 0) is 9.59 Å². The minimum absolute atomic E-state index is 0.0662. The highest BCUT2D eigenvalue weighted by Gasteiger charge is 2.04. The van der Waals surface area contributed by atoms with Crippen LogP contribution in [0, 0.1) is 11.8 Å². The summed E-state index contributed by atoms with van der Waals surface area (Å²) >= 11 is 0. The second-order valence-electron chi connectivity index (χ2n) is 4.83. The first-order chi connectivity index (χ1) is 8.45. The largest absolute Gasteiger partial charge is 0.299 e. The molecule has 0 heterocycles. The lowest BCUT2D eigenvalue weighted by molar-refractivity contribution is -0.121. The molecule has 18 heavy (non-hydrogen) atoms. The number of ketones is 2. The highest BCUT2D eigenvalue weighted by Crippen LogP contribution is 1.97. The number of hydrogen-bond donors (Lipinski definition) is 0. The summed E-state index contributed by atoms with van der Waals surface area (Å²) in [5.74, 6) is 0.530. The summed E-state index contributed by atoms with van der Waals surface area (Å²) in [5, 5.41) is 0. The Morgan fingerprint density at radius 2 is 1.17 bits per heavy atom. The van der Waals surface area contributed by atoms with Gasteiger partial charge in [0, 0.05) is 37.1 Å². The van der Waals surface area contributed by atoms with E-state index in [-0.39, 0.29) is 23.4 Å². The molecule has 0 saturated heterocycles. The zero-order valence-corrected chi connectivity index (χ0v) is 11.8. The van der Waals surface area contributed by atoms with E-state index < -0.39 is 0 Å². The molecule has 0 aromatic rings. The first-order valence-corrected chi connectivity index (χ1v) is 6.47. The maximum absolute atomic E-state index is 11.3. The van der Waals surface area contributed by atoms with E-state index in [4.69, 9.17) is 0 Å². The number of carbonyl (C=O) groups excluding carboxylic acids is 2. The van der Waals surface area contributed by atoms with Crippen LogP contribution in [0.3, 0.4) is 0 Å². The number of aliphatic imine (C=N–C) groups is 2. The van der Waals surface area contributed by atoms with E-state index in [0.717, 1.165) is 0 Å². The van der Waals surface area contributed by atoms with Gasteiger partial charge in [0.15, 0.2) is 0 Å². The third-order valence-corrected chi connectivity index (χ3v) is 2.49. The number of nitrogens with zero attached hydrogens (tertiary/aromatic N) is 2. The second-order valence-corrected chi connectivity index (χ2v) is 4.83. The van der Waals surface area contributed by atoms with E-state index in [1.807, 2.05) is 27.7 Å². The Morgan fingerprint density at radius 1 is 0.833 bits per heavy atom. The highest BCUT2D eigenvalue weighted by molar-refractivity contribution is 5.93. The maximum atomic E-state index is 11.3. The molecule has 0 aliphatic heterocycles. The molecule has 0 spiro atoms. The molecule has 0 amide bonds. The molecule has 0 unspecified atom stereocenters. The molecular weight excluding hydrogens is 228 g/mol. The Hall–Kier alpha value is -1.32. The summed E-state index contributed by atoms with van der Waals surface area (Å²) in [6.07, 6.45) is 4.09. The standard InChI is InChI=1S/C14H24N2O2/c1-11(2)13(17)5-7-15-9-10-16-8-6-14(18)12(3)4/h7-8,11-12H,5-6,9-10H2,1-4H3/b15-7-,16-8-. The van der Waals surface area contributed by atoms with Gasteiger partial charge in [-0.25, -0.2) is 0 Å². The number of Topliss-reactive ketones (excluding diaryl/α,β-unsaturated/α-hetero) is 2. The summed E-state index contributed by atoms with van der Waals surface area (Å²) in [6, 6.07) is 0. The Kier molecular flexibility index (Phi) is 8.97. The van der Waals surface area contributed by atoms with E-state index in [2.05, 4.69) is 9.98 Å². The molecule has 4 heteroatoms. The first-order valence-electron chi connectivity index (χ1n) is 6.47. The molecule has 0 N–H and O–H groups in total. The summed E-state index contributed by atoms with van der Waals surface area (Å²) in [4.78, 5) is 30.7. The van der Waals surface area contributed by atoms with Gasteiger partial charge in [0.05, 0.1) is 13.1 Å². The fraction of sp³-hybridized carbons (Fsp3) is 0.714. The smallest absolute Gasteiger partial charge is 0.140 e. The molecule has 4 nitrogen and oxygen atoms in total. The van der Waals surface area contributed by atoms with Crippen molar-refractivity contribution < 1.29 is 9.59 Å². The lowest BCUT2D eigenvalue weighted by atomic mass is 10.1. The molecule has 0 radical (unpaired) electrons. The average Bonchev–Trinajstić information content (AvgIpc) is 2.31. The SMILES string of the molecule is CC(C)C(=O)C/C=N\CC/N=C\CC(=O)C(C)C. The van der Waals surface area contributed by atoms with Crippen LogP contribution in [0.5, 0.6) is 0 Å².